The summed E-state index contributed by atoms with van der Waals surface area (Å²) < 4.78 is 7.63. The fourth-order valence-electron chi connectivity index (χ4n) is 1.52. The second-order valence-electron chi connectivity index (χ2n) is 3.74. The molecule has 0 atom stereocenters. The third-order valence-electron chi connectivity index (χ3n) is 2.38. The standard InChI is InChI=1S/C13H12Br2N2O/c14-11-3-1-2-9(4-11)8-18-13-10(6-16)5-12(15)7-17-13/h1-5,7H,6,8,16H2. The topological polar surface area (TPSA) is 48.1 Å². The molecule has 0 saturated carbocycles. The molecule has 18 heavy (non-hydrogen) atoms. The minimum Gasteiger partial charge on any atom is -0.473 e. The zero-order chi connectivity index (χ0) is 13.0. The largest absolute Gasteiger partial charge is 0.473 e. The summed E-state index contributed by atoms with van der Waals surface area (Å²) in [6.07, 6.45) is 1.70. The van der Waals surface area contributed by atoms with Gasteiger partial charge in [-0.05, 0) is 39.7 Å². The number of hydrogen-bond donors (Lipinski definition) is 1. The number of ether oxygens (including phenoxy) is 1. The van der Waals surface area contributed by atoms with Crippen molar-refractivity contribution in [3.05, 3.63) is 56.6 Å². The fraction of sp³-hybridized carbons (Fsp3) is 0.154. The quantitative estimate of drug-likeness (QED) is 0.892. The van der Waals surface area contributed by atoms with Crippen molar-refractivity contribution in [1.29, 1.82) is 0 Å². The molecule has 0 saturated heterocycles. The van der Waals surface area contributed by atoms with Gasteiger partial charge in [-0.15, -0.1) is 0 Å². The van der Waals surface area contributed by atoms with Crippen LogP contribution in [0.5, 0.6) is 5.88 Å². The smallest absolute Gasteiger partial charge is 0.218 e. The molecule has 0 unspecified atom stereocenters. The summed E-state index contributed by atoms with van der Waals surface area (Å²) in [6, 6.07) is 9.89. The number of nitrogens with zero attached hydrogens (tertiary/aromatic N) is 1. The van der Waals surface area contributed by atoms with Crippen LogP contribution in [-0.4, -0.2) is 4.98 Å². The summed E-state index contributed by atoms with van der Waals surface area (Å²) in [5, 5.41) is 0. The Balaban J connectivity index is 2.10. The molecule has 0 amide bonds. The highest BCUT2D eigenvalue weighted by Crippen LogP contribution is 2.21. The Bertz CT molecular complexity index is 546. The Labute approximate surface area is 123 Å². The lowest BCUT2D eigenvalue weighted by Gasteiger charge is -2.09. The van der Waals surface area contributed by atoms with Gasteiger partial charge in [-0.25, -0.2) is 4.98 Å². The summed E-state index contributed by atoms with van der Waals surface area (Å²) >= 11 is 6.79. The average Bonchev–Trinajstić information content (AvgIpc) is 2.37. The van der Waals surface area contributed by atoms with Crippen molar-refractivity contribution in [3.63, 3.8) is 0 Å². The van der Waals surface area contributed by atoms with E-state index in [2.05, 4.69) is 36.8 Å². The van der Waals surface area contributed by atoms with E-state index >= 15 is 0 Å². The second-order valence-corrected chi connectivity index (χ2v) is 5.57. The van der Waals surface area contributed by atoms with Crippen molar-refractivity contribution >= 4 is 31.9 Å². The minimum absolute atomic E-state index is 0.403. The molecule has 1 heterocycles. The number of rotatable bonds is 4. The van der Waals surface area contributed by atoms with Gasteiger partial charge < -0.3 is 10.5 Å². The lowest BCUT2D eigenvalue weighted by Crippen LogP contribution is -2.04. The number of halogens is 2. The Hall–Kier alpha value is -0.910. The number of hydrogen-bond acceptors (Lipinski definition) is 3. The molecule has 1 aromatic heterocycles. The lowest BCUT2D eigenvalue weighted by molar-refractivity contribution is 0.290. The number of pyridine rings is 1. The maximum absolute atomic E-state index is 5.69. The van der Waals surface area contributed by atoms with Crippen LogP contribution in [0.4, 0.5) is 0 Å². The lowest BCUT2D eigenvalue weighted by atomic mass is 10.2. The Morgan fingerprint density at radius 2 is 2.00 bits per heavy atom. The van der Waals surface area contributed by atoms with Crippen LogP contribution in [0.25, 0.3) is 0 Å². The van der Waals surface area contributed by atoms with Gasteiger partial charge in [0.25, 0.3) is 0 Å². The predicted molar refractivity (Wildman–Crippen MR) is 78.3 cm³/mol. The molecule has 2 rings (SSSR count). The van der Waals surface area contributed by atoms with Gasteiger partial charge in [-0.3, -0.25) is 0 Å². The molecular weight excluding hydrogens is 360 g/mol. The van der Waals surface area contributed by atoms with Crippen molar-refractivity contribution in [3.8, 4) is 5.88 Å². The molecular formula is C13H12Br2N2O. The predicted octanol–water partition coefficient (Wildman–Crippen LogP) is 3.64. The molecule has 0 radical (unpaired) electrons. The van der Waals surface area contributed by atoms with Crippen molar-refractivity contribution < 1.29 is 4.74 Å². The van der Waals surface area contributed by atoms with Crippen LogP contribution in [-0.2, 0) is 13.2 Å². The van der Waals surface area contributed by atoms with E-state index in [0.717, 1.165) is 20.1 Å². The summed E-state index contributed by atoms with van der Waals surface area (Å²) in [7, 11) is 0. The number of nitrogens with two attached hydrogens (primary N) is 1. The second kappa shape index (κ2) is 6.31. The van der Waals surface area contributed by atoms with Gasteiger partial charge in [-0.2, -0.15) is 0 Å². The van der Waals surface area contributed by atoms with Gasteiger partial charge in [0.1, 0.15) is 6.61 Å². The van der Waals surface area contributed by atoms with E-state index in [-0.39, 0.29) is 0 Å². The molecule has 2 aromatic rings. The van der Waals surface area contributed by atoms with Gasteiger partial charge in [0.15, 0.2) is 0 Å². The third-order valence-corrected chi connectivity index (χ3v) is 3.30. The van der Waals surface area contributed by atoms with E-state index < -0.39 is 0 Å². The molecule has 0 aliphatic rings. The van der Waals surface area contributed by atoms with Gasteiger partial charge in [0, 0.05) is 27.3 Å². The number of benzene rings is 1. The first-order valence-electron chi connectivity index (χ1n) is 5.41. The molecule has 0 aliphatic heterocycles. The van der Waals surface area contributed by atoms with Gasteiger partial charge in [-0.1, -0.05) is 28.1 Å². The van der Waals surface area contributed by atoms with Gasteiger partial charge >= 0.3 is 0 Å². The summed E-state index contributed by atoms with van der Waals surface area (Å²) in [5.41, 5.74) is 7.63. The first kappa shape index (κ1) is 13.5. The highest BCUT2D eigenvalue weighted by atomic mass is 79.9. The molecule has 3 nitrogen and oxygen atoms in total. The third kappa shape index (κ3) is 3.54. The first-order valence-corrected chi connectivity index (χ1v) is 6.99. The Kier molecular flexibility index (Phi) is 4.74. The molecule has 0 spiro atoms. The van der Waals surface area contributed by atoms with Crippen molar-refractivity contribution in [2.45, 2.75) is 13.2 Å². The fourth-order valence-corrected chi connectivity index (χ4v) is 2.35. The monoisotopic (exact) mass is 370 g/mol. The van der Waals surface area contributed by atoms with Crippen LogP contribution in [0.2, 0.25) is 0 Å². The molecule has 0 aliphatic carbocycles. The SMILES string of the molecule is NCc1cc(Br)cnc1OCc1cccc(Br)c1. The van der Waals surface area contributed by atoms with Crippen LogP contribution < -0.4 is 10.5 Å². The van der Waals surface area contributed by atoms with E-state index in [1.54, 1.807) is 6.20 Å². The highest BCUT2D eigenvalue weighted by molar-refractivity contribution is 9.10. The zero-order valence-corrected chi connectivity index (χ0v) is 12.7. The normalized spacial score (nSPS) is 10.4. The molecule has 5 heteroatoms. The van der Waals surface area contributed by atoms with E-state index in [0.29, 0.717) is 19.0 Å². The van der Waals surface area contributed by atoms with E-state index in [1.165, 1.54) is 0 Å². The Morgan fingerprint density at radius 3 is 2.72 bits per heavy atom. The van der Waals surface area contributed by atoms with Crippen LogP contribution in [0.3, 0.4) is 0 Å². The number of aromatic nitrogens is 1. The minimum atomic E-state index is 0.403. The van der Waals surface area contributed by atoms with Crippen molar-refractivity contribution in [2.24, 2.45) is 5.73 Å². The van der Waals surface area contributed by atoms with Crippen LogP contribution >= 0.6 is 31.9 Å². The average molecular weight is 372 g/mol. The van der Waals surface area contributed by atoms with Gasteiger partial charge in [0.2, 0.25) is 5.88 Å². The molecule has 0 fully saturated rings. The first-order chi connectivity index (χ1) is 8.69. The van der Waals surface area contributed by atoms with E-state index in [9.17, 15) is 0 Å². The van der Waals surface area contributed by atoms with Crippen molar-refractivity contribution in [1.82, 2.24) is 4.98 Å². The summed E-state index contributed by atoms with van der Waals surface area (Å²) in [4.78, 5) is 4.23. The van der Waals surface area contributed by atoms with Crippen molar-refractivity contribution in [2.75, 3.05) is 0 Å². The van der Waals surface area contributed by atoms with Crippen LogP contribution in [0, 0.1) is 0 Å². The molecule has 1 aromatic carbocycles. The van der Waals surface area contributed by atoms with E-state index in [1.807, 2.05) is 30.3 Å². The maximum atomic E-state index is 5.69. The molecule has 94 valence electrons. The van der Waals surface area contributed by atoms with Crippen LogP contribution in [0.15, 0.2) is 45.5 Å². The maximum Gasteiger partial charge on any atom is 0.218 e. The van der Waals surface area contributed by atoms with E-state index in [4.69, 9.17) is 10.5 Å². The molecule has 2 N–H and O–H groups in total. The van der Waals surface area contributed by atoms with Gasteiger partial charge in [0.05, 0.1) is 0 Å². The summed E-state index contributed by atoms with van der Waals surface area (Å²) in [5.74, 6) is 0.584. The molecule has 0 bridgehead atoms. The van der Waals surface area contributed by atoms with Crippen LogP contribution in [0.1, 0.15) is 11.1 Å². The summed E-state index contributed by atoms with van der Waals surface area (Å²) in [6.45, 7) is 0.876. The zero-order valence-electron chi connectivity index (χ0n) is 9.57. The Morgan fingerprint density at radius 1 is 1.17 bits per heavy atom. The highest BCUT2D eigenvalue weighted by Gasteiger charge is 2.05.